The molecular formula is C24H30N2OS. The molecule has 4 heteroatoms. The molecule has 1 aromatic carbocycles. The van der Waals surface area contributed by atoms with Crippen LogP contribution in [0.3, 0.4) is 0 Å². The van der Waals surface area contributed by atoms with Gasteiger partial charge in [-0.2, -0.15) is 0 Å². The zero-order valence-electron chi connectivity index (χ0n) is 17.1. The van der Waals surface area contributed by atoms with Crippen molar-refractivity contribution in [2.75, 3.05) is 5.75 Å². The van der Waals surface area contributed by atoms with Crippen LogP contribution in [0.4, 0.5) is 0 Å². The molecule has 0 aliphatic heterocycles. The third-order valence-electron chi connectivity index (χ3n) is 6.14. The van der Waals surface area contributed by atoms with E-state index in [4.69, 9.17) is 4.98 Å². The second kappa shape index (κ2) is 7.90. The number of nitrogens with zero attached hydrogens (tertiary/aromatic N) is 2. The molecule has 0 unspecified atom stereocenters. The summed E-state index contributed by atoms with van der Waals surface area (Å²) in [6.07, 6.45) is 7.91. The average Bonchev–Trinajstić information content (AvgIpc) is 2.69. The minimum Gasteiger partial charge on any atom is -0.283 e. The zero-order valence-corrected chi connectivity index (χ0v) is 17.9. The average molecular weight is 395 g/mol. The molecular weight excluding hydrogens is 364 g/mol. The van der Waals surface area contributed by atoms with Crippen molar-refractivity contribution in [3.05, 3.63) is 57.9 Å². The summed E-state index contributed by atoms with van der Waals surface area (Å²) >= 11 is 1.70. The molecule has 3 nitrogen and oxygen atoms in total. The van der Waals surface area contributed by atoms with Crippen LogP contribution in [0.5, 0.6) is 0 Å². The first-order valence-electron chi connectivity index (χ1n) is 10.6. The van der Waals surface area contributed by atoms with Gasteiger partial charge >= 0.3 is 0 Å². The quantitative estimate of drug-likeness (QED) is 0.368. The highest BCUT2D eigenvalue weighted by Crippen LogP contribution is 2.48. The van der Waals surface area contributed by atoms with E-state index in [1.54, 1.807) is 11.8 Å². The highest BCUT2D eigenvalue weighted by Gasteiger charge is 2.43. The Morgan fingerprint density at radius 3 is 2.71 bits per heavy atom. The molecule has 0 amide bonds. The van der Waals surface area contributed by atoms with E-state index >= 15 is 0 Å². The fourth-order valence-corrected chi connectivity index (χ4v) is 5.78. The topological polar surface area (TPSA) is 34.9 Å². The lowest BCUT2D eigenvalue weighted by Gasteiger charge is -2.42. The van der Waals surface area contributed by atoms with Crippen LogP contribution in [-0.4, -0.2) is 15.3 Å². The van der Waals surface area contributed by atoms with Crippen LogP contribution < -0.4 is 5.56 Å². The lowest BCUT2D eigenvalue weighted by Crippen LogP contribution is -2.43. The number of rotatable bonds is 5. The largest absolute Gasteiger partial charge is 0.283 e. The van der Waals surface area contributed by atoms with Crippen molar-refractivity contribution < 1.29 is 0 Å². The van der Waals surface area contributed by atoms with Gasteiger partial charge in [0.25, 0.3) is 5.56 Å². The maximum Gasteiger partial charge on any atom is 0.258 e. The highest BCUT2D eigenvalue weighted by atomic mass is 32.2. The Morgan fingerprint density at radius 1 is 1.25 bits per heavy atom. The van der Waals surface area contributed by atoms with Gasteiger partial charge < -0.3 is 0 Å². The van der Waals surface area contributed by atoms with Gasteiger partial charge in [0.1, 0.15) is 0 Å². The van der Waals surface area contributed by atoms with Crippen LogP contribution in [0.1, 0.15) is 63.5 Å². The first-order chi connectivity index (χ1) is 13.6. The first-order valence-corrected chi connectivity index (χ1v) is 11.5. The molecule has 0 atom stereocenters. The molecule has 1 fully saturated rings. The van der Waals surface area contributed by atoms with E-state index in [0.717, 1.165) is 59.0 Å². The van der Waals surface area contributed by atoms with Crippen molar-refractivity contribution in [2.24, 2.45) is 0 Å². The molecule has 2 aliphatic carbocycles. The van der Waals surface area contributed by atoms with Gasteiger partial charge in [0.05, 0.1) is 11.3 Å². The Balaban J connectivity index is 1.99. The van der Waals surface area contributed by atoms with Crippen LogP contribution in [0.15, 0.2) is 46.4 Å². The monoisotopic (exact) mass is 394 g/mol. The number of allylic oxidation sites excluding steroid dienone is 1. The normalized spacial score (nSPS) is 17.2. The summed E-state index contributed by atoms with van der Waals surface area (Å²) in [7, 11) is 0. The van der Waals surface area contributed by atoms with Crippen LogP contribution in [0.25, 0.3) is 11.3 Å². The van der Waals surface area contributed by atoms with Gasteiger partial charge in [0.15, 0.2) is 5.16 Å². The number of benzene rings is 1. The van der Waals surface area contributed by atoms with E-state index < -0.39 is 0 Å². The highest BCUT2D eigenvalue weighted by molar-refractivity contribution is 7.99. The lowest BCUT2D eigenvalue weighted by atomic mass is 9.62. The molecule has 148 valence electrons. The van der Waals surface area contributed by atoms with E-state index in [9.17, 15) is 4.79 Å². The Labute approximate surface area is 172 Å². The first kappa shape index (κ1) is 19.5. The molecule has 4 rings (SSSR count). The van der Waals surface area contributed by atoms with Gasteiger partial charge in [-0.1, -0.05) is 74.4 Å². The fraction of sp³-hybridized carbons (Fsp3) is 0.500. The van der Waals surface area contributed by atoms with Crippen molar-refractivity contribution in [3.8, 4) is 11.3 Å². The molecule has 1 aromatic heterocycles. The van der Waals surface area contributed by atoms with Gasteiger partial charge in [-0.3, -0.25) is 9.36 Å². The summed E-state index contributed by atoms with van der Waals surface area (Å²) in [5.74, 6) is 0.966. The van der Waals surface area contributed by atoms with Crippen LogP contribution in [0.2, 0.25) is 0 Å². The van der Waals surface area contributed by atoms with Gasteiger partial charge in [-0.05, 0) is 38.2 Å². The van der Waals surface area contributed by atoms with Crippen molar-refractivity contribution in [2.45, 2.75) is 75.9 Å². The summed E-state index contributed by atoms with van der Waals surface area (Å²) < 4.78 is 1.89. The summed E-state index contributed by atoms with van der Waals surface area (Å²) in [5, 5.41) is 0.844. The SMILES string of the molecule is C=C(C)Cn1c(SCCC)nc2c(c1=O)C1(CCCCC1)Cc1ccccc1-2. The van der Waals surface area contributed by atoms with Crippen molar-refractivity contribution in [3.63, 3.8) is 0 Å². The number of aromatic nitrogens is 2. The molecule has 28 heavy (non-hydrogen) atoms. The number of hydrogen-bond donors (Lipinski definition) is 0. The zero-order chi connectivity index (χ0) is 19.7. The van der Waals surface area contributed by atoms with Crippen LogP contribution in [0, 0.1) is 0 Å². The van der Waals surface area contributed by atoms with E-state index in [-0.39, 0.29) is 11.0 Å². The molecule has 0 bridgehead atoms. The third kappa shape index (κ3) is 3.36. The van der Waals surface area contributed by atoms with Crippen LogP contribution in [-0.2, 0) is 18.4 Å². The molecule has 1 spiro atoms. The lowest BCUT2D eigenvalue weighted by molar-refractivity contribution is 0.282. The summed E-state index contributed by atoms with van der Waals surface area (Å²) in [6, 6.07) is 8.57. The predicted octanol–water partition coefficient (Wildman–Crippen LogP) is 5.75. The number of thioether (sulfide) groups is 1. The molecule has 0 saturated heterocycles. The number of hydrogen-bond acceptors (Lipinski definition) is 3. The Morgan fingerprint density at radius 2 is 2.00 bits per heavy atom. The molecule has 1 saturated carbocycles. The maximum absolute atomic E-state index is 13.9. The van der Waals surface area contributed by atoms with Gasteiger partial charge in [-0.25, -0.2) is 4.98 Å². The summed E-state index contributed by atoms with van der Waals surface area (Å²) in [6.45, 7) is 8.78. The Hall–Kier alpha value is -1.81. The summed E-state index contributed by atoms with van der Waals surface area (Å²) in [5.41, 5.74) is 5.56. The maximum atomic E-state index is 13.9. The molecule has 0 radical (unpaired) electrons. The Bertz CT molecular complexity index is 954. The smallest absolute Gasteiger partial charge is 0.258 e. The minimum atomic E-state index is -0.0448. The molecule has 1 heterocycles. The van der Waals surface area contributed by atoms with Gasteiger partial charge in [-0.15, -0.1) is 0 Å². The molecule has 0 N–H and O–H groups in total. The fourth-order valence-electron chi connectivity index (χ4n) is 4.93. The second-order valence-electron chi connectivity index (χ2n) is 8.49. The Kier molecular flexibility index (Phi) is 5.50. The minimum absolute atomic E-state index is 0.0448. The van der Waals surface area contributed by atoms with E-state index in [0.29, 0.717) is 6.54 Å². The van der Waals surface area contributed by atoms with E-state index in [2.05, 4.69) is 37.8 Å². The van der Waals surface area contributed by atoms with E-state index in [1.807, 2.05) is 11.5 Å². The van der Waals surface area contributed by atoms with Gasteiger partial charge in [0, 0.05) is 23.3 Å². The van der Waals surface area contributed by atoms with Crippen molar-refractivity contribution in [1.29, 1.82) is 0 Å². The van der Waals surface area contributed by atoms with Gasteiger partial charge in [0.2, 0.25) is 0 Å². The second-order valence-corrected chi connectivity index (χ2v) is 9.55. The standard InChI is InChI=1S/C24H30N2OS/c1-4-14-28-23-25-21-19-11-7-6-10-18(19)15-24(12-8-5-9-13-24)20(21)22(27)26(23)16-17(2)3/h6-7,10-11H,2,4-5,8-9,12-16H2,1,3H3. The van der Waals surface area contributed by atoms with Crippen molar-refractivity contribution in [1.82, 2.24) is 9.55 Å². The summed E-state index contributed by atoms with van der Waals surface area (Å²) in [4.78, 5) is 19.0. The predicted molar refractivity (Wildman–Crippen MR) is 118 cm³/mol. The van der Waals surface area contributed by atoms with Crippen molar-refractivity contribution >= 4 is 11.8 Å². The third-order valence-corrected chi connectivity index (χ3v) is 7.32. The number of fused-ring (bicyclic) bond motifs is 4. The van der Waals surface area contributed by atoms with E-state index in [1.165, 1.54) is 24.8 Å². The molecule has 2 aliphatic rings. The molecule has 2 aromatic rings. The van der Waals surface area contributed by atoms with Crippen LogP contribution >= 0.6 is 11.8 Å².